The summed E-state index contributed by atoms with van der Waals surface area (Å²) in [5.41, 5.74) is 9.80. The Morgan fingerprint density at radius 2 is 2.25 bits per heavy atom. The first kappa shape index (κ1) is 14.8. The third kappa shape index (κ3) is 2.42. The summed E-state index contributed by atoms with van der Waals surface area (Å²) in [6, 6.07) is 1.90. The maximum atomic E-state index is 9.23. The van der Waals surface area contributed by atoms with Crippen LogP contribution in [0.15, 0.2) is 24.7 Å². The predicted molar refractivity (Wildman–Crippen MR) is 92.6 cm³/mol. The molecule has 8 heteroatoms. The van der Waals surface area contributed by atoms with Gasteiger partial charge >= 0.3 is 0 Å². The molecule has 120 valence electrons. The zero-order chi connectivity index (χ0) is 16.7. The predicted octanol–water partition coefficient (Wildman–Crippen LogP) is 2.15. The smallest absolute Gasteiger partial charge is 0.268 e. The van der Waals surface area contributed by atoms with Crippen molar-refractivity contribution in [2.24, 2.45) is 7.05 Å². The van der Waals surface area contributed by atoms with Crippen LogP contribution in [-0.4, -0.2) is 31.1 Å². The van der Waals surface area contributed by atoms with Gasteiger partial charge in [0.05, 0.1) is 12.4 Å². The summed E-state index contributed by atoms with van der Waals surface area (Å²) in [6.45, 7) is 0.116. The summed E-state index contributed by atoms with van der Waals surface area (Å²) < 4.78 is 3.42. The molecule has 0 saturated carbocycles. The third-order valence-corrected chi connectivity index (χ3v) is 4.81. The van der Waals surface area contributed by atoms with Crippen molar-refractivity contribution >= 4 is 18.2 Å². The van der Waals surface area contributed by atoms with E-state index in [4.69, 9.17) is 10.7 Å². The zero-order valence-corrected chi connectivity index (χ0v) is 13.6. The number of aromatic nitrogens is 5. The Labute approximate surface area is 140 Å². The van der Waals surface area contributed by atoms with Crippen molar-refractivity contribution < 1.29 is 0 Å². The Bertz CT molecular complexity index is 936. The van der Waals surface area contributed by atoms with Crippen LogP contribution in [0.4, 0.5) is 5.82 Å². The standard InChI is InChI=1S/C16H18BN7/c1-23-9-12(7-20-23)13-8-21-24-15(19)5-14(22-16(13)24)11-3-2-4-17(6-11)10-18/h5,7-9,11H,2-4,6,19H2,1H3. The maximum absolute atomic E-state index is 9.23. The monoisotopic (exact) mass is 319 g/mol. The normalized spacial score (nSPS) is 18.0. The molecule has 0 aliphatic carbocycles. The minimum Gasteiger partial charge on any atom is -0.384 e. The highest BCUT2D eigenvalue weighted by atomic mass is 15.3. The largest absolute Gasteiger partial charge is 0.384 e. The minimum absolute atomic E-state index is 0.116. The number of hydrogen-bond acceptors (Lipinski definition) is 5. The molecule has 1 fully saturated rings. The number of nitrogens with two attached hydrogens (primary N) is 1. The number of aryl methyl sites for hydroxylation is 1. The molecule has 3 aromatic heterocycles. The average Bonchev–Trinajstić information content (AvgIpc) is 3.21. The molecule has 1 unspecified atom stereocenters. The zero-order valence-electron chi connectivity index (χ0n) is 13.6. The second-order valence-electron chi connectivity index (χ2n) is 6.49. The molecule has 3 aromatic rings. The molecular weight excluding hydrogens is 301 g/mol. The van der Waals surface area contributed by atoms with E-state index in [0.29, 0.717) is 5.82 Å². The third-order valence-electron chi connectivity index (χ3n) is 4.81. The Hall–Kier alpha value is -2.82. The molecule has 0 spiro atoms. The summed E-state index contributed by atoms with van der Waals surface area (Å²) in [7, 11) is 1.88. The SMILES string of the molecule is Cn1cc(-c2cnn3c(N)cc(C4CCCB(C#N)C4)nc23)cn1. The van der Waals surface area contributed by atoms with Crippen LogP contribution >= 0.6 is 0 Å². The fourth-order valence-electron chi connectivity index (χ4n) is 3.55. The molecule has 0 aromatic carbocycles. The lowest BCUT2D eigenvalue weighted by Crippen LogP contribution is -2.21. The van der Waals surface area contributed by atoms with Crippen molar-refractivity contribution in [1.29, 1.82) is 5.26 Å². The number of rotatable bonds is 2. The van der Waals surface area contributed by atoms with Crippen molar-refractivity contribution in [2.45, 2.75) is 31.4 Å². The second-order valence-corrected chi connectivity index (χ2v) is 6.49. The Kier molecular flexibility index (Phi) is 3.49. The second kappa shape index (κ2) is 5.67. The van der Waals surface area contributed by atoms with E-state index in [9.17, 15) is 5.26 Å². The Morgan fingerprint density at radius 1 is 1.38 bits per heavy atom. The lowest BCUT2D eigenvalue weighted by atomic mass is 9.41. The Balaban J connectivity index is 1.79. The number of nitriles is 1. The molecule has 1 atom stereocenters. The Morgan fingerprint density at radius 3 is 3.00 bits per heavy atom. The highest BCUT2D eigenvalue weighted by Gasteiger charge is 2.28. The van der Waals surface area contributed by atoms with E-state index in [1.54, 1.807) is 21.6 Å². The van der Waals surface area contributed by atoms with Gasteiger partial charge in [-0.1, -0.05) is 19.1 Å². The quantitative estimate of drug-likeness (QED) is 0.730. The number of hydrogen-bond donors (Lipinski definition) is 1. The molecule has 1 aliphatic rings. The number of fused-ring (bicyclic) bond motifs is 1. The van der Waals surface area contributed by atoms with Gasteiger partial charge in [-0.25, -0.2) is 10.2 Å². The van der Waals surface area contributed by atoms with Gasteiger partial charge in [-0.15, -0.1) is 0 Å². The molecule has 1 saturated heterocycles. The van der Waals surface area contributed by atoms with Crippen LogP contribution in [0.3, 0.4) is 0 Å². The molecule has 2 N–H and O–H groups in total. The molecular formula is C16H18BN7. The van der Waals surface area contributed by atoms with Crippen molar-refractivity contribution in [3.8, 4) is 17.1 Å². The summed E-state index contributed by atoms with van der Waals surface area (Å²) in [6.07, 6.45) is 9.47. The molecule has 24 heavy (non-hydrogen) atoms. The van der Waals surface area contributed by atoms with E-state index < -0.39 is 0 Å². The van der Waals surface area contributed by atoms with Crippen molar-refractivity contribution in [3.63, 3.8) is 0 Å². The lowest BCUT2D eigenvalue weighted by molar-refractivity contribution is 0.614. The number of anilines is 1. The molecule has 4 rings (SSSR count). The number of nitrogens with zero attached hydrogens (tertiary/aromatic N) is 6. The van der Waals surface area contributed by atoms with Crippen LogP contribution < -0.4 is 5.73 Å². The van der Waals surface area contributed by atoms with Gasteiger partial charge in [0.1, 0.15) is 5.82 Å². The molecule has 4 heterocycles. The van der Waals surface area contributed by atoms with Crippen LogP contribution in [0.2, 0.25) is 12.6 Å². The topological polar surface area (TPSA) is 97.8 Å². The van der Waals surface area contributed by atoms with E-state index in [1.807, 2.05) is 19.3 Å². The molecule has 0 amide bonds. The van der Waals surface area contributed by atoms with Gasteiger partial charge < -0.3 is 5.73 Å². The van der Waals surface area contributed by atoms with Crippen molar-refractivity contribution in [3.05, 3.63) is 30.4 Å². The first-order valence-electron chi connectivity index (χ1n) is 8.18. The highest BCUT2D eigenvalue weighted by molar-refractivity contribution is 6.67. The average molecular weight is 319 g/mol. The van der Waals surface area contributed by atoms with E-state index in [-0.39, 0.29) is 12.6 Å². The van der Waals surface area contributed by atoms with E-state index in [2.05, 4.69) is 16.2 Å². The van der Waals surface area contributed by atoms with Gasteiger partial charge in [0.2, 0.25) is 0 Å². The maximum Gasteiger partial charge on any atom is 0.268 e. The van der Waals surface area contributed by atoms with Gasteiger partial charge in [0.25, 0.3) is 6.71 Å². The van der Waals surface area contributed by atoms with Gasteiger partial charge in [0, 0.05) is 42.1 Å². The minimum atomic E-state index is 0.116. The van der Waals surface area contributed by atoms with Crippen molar-refractivity contribution in [1.82, 2.24) is 24.4 Å². The fraction of sp³-hybridized carbons (Fsp3) is 0.375. The van der Waals surface area contributed by atoms with Crippen LogP contribution in [0.25, 0.3) is 16.8 Å². The van der Waals surface area contributed by atoms with Gasteiger partial charge in [0.15, 0.2) is 5.65 Å². The van der Waals surface area contributed by atoms with Gasteiger partial charge in [-0.2, -0.15) is 14.7 Å². The van der Waals surface area contributed by atoms with Gasteiger partial charge in [-0.05, 0) is 12.3 Å². The summed E-state index contributed by atoms with van der Waals surface area (Å²) >= 11 is 0. The van der Waals surface area contributed by atoms with Gasteiger partial charge in [-0.3, -0.25) is 4.68 Å². The van der Waals surface area contributed by atoms with Crippen LogP contribution in [-0.2, 0) is 7.05 Å². The molecule has 0 bridgehead atoms. The lowest BCUT2D eigenvalue weighted by Gasteiger charge is -2.23. The molecule has 0 radical (unpaired) electrons. The number of nitrogen functional groups attached to an aromatic ring is 1. The first-order chi connectivity index (χ1) is 11.7. The van der Waals surface area contributed by atoms with Crippen LogP contribution in [0, 0.1) is 11.2 Å². The van der Waals surface area contributed by atoms with E-state index in [1.165, 1.54) is 0 Å². The highest BCUT2D eigenvalue weighted by Crippen LogP contribution is 2.34. The summed E-state index contributed by atoms with van der Waals surface area (Å²) in [5.74, 6) is 3.26. The summed E-state index contributed by atoms with van der Waals surface area (Å²) in [4.78, 5) is 4.85. The van der Waals surface area contributed by atoms with E-state index in [0.717, 1.165) is 47.9 Å². The van der Waals surface area contributed by atoms with Crippen LogP contribution in [0.5, 0.6) is 0 Å². The van der Waals surface area contributed by atoms with Crippen LogP contribution in [0.1, 0.15) is 24.5 Å². The fourth-order valence-corrected chi connectivity index (χ4v) is 3.55. The molecule has 1 aliphatic heterocycles. The van der Waals surface area contributed by atoms with Crippen molar-refractivity contribution in [2.75, 3.05) is 5.73 Å². The van der Waals surface area contributed by atoms with E-state index >= 15 is 0 Å². The first-order valence-corrected chi connectivity index (χ1v) is 8.18. The summed E-state index contributed by atoms with van der Waals surface area (Å²) in [5, 5.41) is 17.8. The molecule has 7 nitrogen and oxygen atoms in total.